The molecule has 1 N–H and O–H groups in total. The van der Waals surface area contributed by atoms with E-state index < -0.39 is 10.0 Å². The van der Waals surface area contributed by atoms with Gasteiger partial charge in [-0.3, -0.25) is 4.79 Å². The molecule has 0 atom stereocenters. The summed E-state index contributed by atoms with van der Waals surface area (Å²) in [4.78, 5) is 14.7. The second kappa shape index (κ2) is 7.32. The topological polar surface area (TPSA) is 75.7 Å². The number of nitrogens with zero attached hydrogens (tertiary/aromatic N) is 1. The maximum atomic E-state index is 12.7. The van der Waals surface area contributed by atoms with Crippen molar-refractivity contribution < 1.29 is 17.9 Å². The number of nitrogens with one attached hydrogen (secondary N) is 1. The van der Waals surface area contributed by atoms with E-state index in [-0.39, 0.29) is 16.8 Å². The zero-order valence-corrected chi connectivity index (χ0v) is 15.7. The summed E-state index contributed by atoms with van der Waals surface area (Å²) in [6.45, 7) is 1.03. The zero-order chi connectivity index (χ0) is 18.9. The average Bonchev–Trinajstić information content (AvgIpc) is 3.49. The van der Waals surface area contributed by atoms with Crippen molar-refractivity contribution >= 4 is 21.6 Å². The summed E-state index contributed by atoms with van der Waals surface area (Å²) in [5, 5.41) is 0. The van der Waals surface area contributed by atoms with Crippen LogP contribution in [0.15, 0.2) is 53.4 Å². The number of sulfonamides is 1. The van der Waals surface area contributed by atoms with Crippen molar-refractivity contribution in [1.29, 1.82) is 0 Å². The Balaban J connectivity index is 1.38. The molecule has 2 aliphatic rings. The highest BCUT2D eigenvalue weighted by Crippen LogP contribution is 2.31. The van der Waals surface area contributed by atoms with Crippen molar-refractivity contribution in [1.82, 2.24) is 4.72 Å². The molecule has 6 nitrogen and oxygen atoms in total. The van der Waals surface area contributed by atoms with E-state index in [0.29, 0.717) is 26.0 Å². The Labute approximate surface area is 159 Å². The van der Waals surface area contributed by atoms with Crippen LogP contribution in [0.25, 0.3) is 0 Å². The lowest BCUT2D eigenvalue weighted by atomic mass is 10.1. The Kier molecular flexibility index (Phi) is 4.88. The fourth-order valence-electron chi connectivity index (χ4n) is 3.14. The molecule has 0 spiro atoms. The maximum Gasteiger partial charge on any atom is 0.240 e. The van der Waals surface area contributed by atoms with Crippen LogP contribution in [0.2, 0.25) is 0 Å². The predicted molar refractivity (Wildman–Crippen MR) is 102 cm³/mol. The molecule has 1 saturated carbocycles. The van der Waals surface area contributed by atoms with Gasteiger partial charge in [-0.15, -0.1) is 0 Å². The molecular formula is C20H22N2O4S. The lowest BCUT2D eigenvalue weighted by Crippen LogP contribution is -2.38. The standard InChI is InChI=1S/C20H22N2O4S/c23-20(22-13-14-26-19-4-2-1-3-18(19)22)12-7-15-5-10-17(11-6-15)27(24,25)21-16-8-9-16/h1-6,10-11,16,21H,7-9,12-14H2. The first-order valence-corrected chi connectivity index (χ1v) is 10.6. The quantitative estimate of drug-likeness (QED) is 0.828. The van der Waals surface area contributed by atoms with Crippen LogP contribution in [0.4, 0.5) is 5.69 Å². The second-order valence-corrected chi connectivity index (χ2v) is 8.62. The molecule has 2 aromatic rings. The Morgan fingerprint density at radius 2 is 1.85 bits per heavy atom. The number of para-hydroxylation sites is 2. The number of benzene rings is 2. The summed E-state index contributed by atoms with van der Waals surface area (Å²) in [5.74, 6) is 0.771. The third kappa shape index (κ3) is 4.14. The van der Waals surface area contributed by atoms with Gasteiger partial charge in [-0.05, 0) is 49.1 Å². The van der Waals surface area contributed by atoms with E-state index in [1.165, 1.54) is 0 Å². The number of hydrogen-bond acceptors (Lipinski definition) is 4. The first kappa shape index (κ1) is 18.0. The zero-order valence-electron chi connectivity index (χ0n) is 14.9. The summed E-state index contributed by atoms with van der Waals surface area (Å²) in [7, 11) is -3.43. The van der Waals surface area contributed by atoms with E-state index in [0.717, 1.165) is 29.8 Å². The van der Waals surface area contributed by atoms with Crippen LogP contribution in [0, 0.1) is 0 Å². The van der Waals surface area contributed by atoms with E-state index in [4.69, 9.17) is 4.74 Å². The molecule has 142 valence electrons. The number of aryl methyl sites for hydroxylation is 1. The van der Waals surface area contributed by atoms with Gasteiger partial charge in [0.15, 0.2) is 0 Å². The van der Waals surface area contributed by atoms with Crippen molar-refractivity contribution in [2.75, 3.05) is 18.1 Å². The van der Waals surface area contributed by atoms with E-state index in [2.05, 4.69) is 4.72 Å². The van der Waals surface area contributed by atoms with Crippen LogP contribution in [0.3, 0.4) is 0 Å². The fraction of sp³-hybridized carbons (Fsp3) is 0.350. The summed E-state index contributed by atoms with van der Waals surface area (Å²) < 4.78 is 32.7. The Morgan fingerprint density at radius 3 is 2.59 bits per heavy atom. The summed E-state index contributed by atoms with van der Waals surface area (Å²) >= 11 is 0. The van der Waals surface area contributed by atoms with Gasteiger partial charge < -0.3 is 9.64 Å². The van der Waals surface area contributed by atoms with Crippen molar-refractivity contribution in [2.45, 2.75) is 36.6 Å². The molecule has 0 unspecified atom stereocenters. The van der Waals surface area contributed by atoms with Crippen molar-refractivity contribution in [2.24, 2.45) is 0 Å². The van der Waals surface area contributed by atoms with Gasteiger partial charge in [0.05, 0.1) is 17.1 Å². The summed E-state index contributed by atoms with van der Waals surface area (Å²) in [5.41, 5.74) is 1.75. The number of carbonyl (C=O) groups excluding carboxylic acids is 1. The molecule has 1 aliphatic carbocycles. The number of anilines is 1. The first-order chi connectivity index (χ1) is 13.0. The predicted octanol–water partition coefficient (Wildman–Crippen LogP) is 2.49. The van der Waals surface area contributed by atoms with Crippen molar-refractivity contribution in [3.8, 4) is 5.75 Å². The molecule has 0 saturated heterocycles. The summed E-state index contributed by atoms with van der Waals surface area (Å²) in [6.07, 6.45) is 2.74. The SMILES string of the molecule is O=C(CCc1ccc(S(=O)(=O)NC2CC2)cc1)N1CCOc2ccccc21. The van der Waals surface area contributed by atoms with Crippen molar-refractivity contribution in [3.05, 3.63) is 54.1 Å². The average molecular weight is 386 g/mol. The number of hydrogen-bond donors (Lipinski definition) is 1. The molecule has 27 heavy (non-hydrogen) atoms. The molecule has 1 fully saturated rings. The van der Waals surface area contributed by atoms with Gasteiger partial charge in [-0.1, -0.05) is 24.3 Å². The van der Waals surface area contributed by atoms with E-state index in [9.17, 15) is 13.2 Å². The molecule has 1 heterocycles. The van der Waals surface area contributed by atoms with Gasteiger partial charge >= 0.3 is 0 Å². The molecular weight excluding hydrogens is 364 g/mol. The summed E-state index contributed by atoms with van der Waals surface area (Å²) in [6, 6.07) is 14.4. The molecule has 1 amide bonds. The van der Waals surface area contributed by atoms with Gasteiger partial charge in [-0.25, -0.2) is 13.1 Å². The maximum absolute atomic E-state index is 12.7. The largest absolute Gasteiger partial charge is 0.490 e. The molecule has 1 aliphatic heterocycles. The number of carbonyl (C=O) groups is 1. The second-order valence-electron chi connectivity index (χ2n) is 6.90. The molecule has 0 bridgehead atoms. The molecule has 4 rings (SSSR count). The Bertz CT molecular complexity index is 937. The van der Waals surface area contributed by atoms with Gasteiger partial charge in [0.1, 0.15) is 12.4 Å². The van der Waals surface area contributed by atoms with Gasteiger partial charge in [0, 0.05) is 12.5 Å². The van der Waals surface area contributed by atoms with Crippen LogP contribution in [-0.2, 0) is 21.2 Å². The Morgan fingerprint density at radius 1 is 1.11 bits per heavy atom. The molecule has 2 aromatic carbocycles. The third-order valence-electron chi connectivity index (χ3n) is 4.79. The number of fused-ring (bicyclic) bond motifs is 1. The van der Waals surface area contributed by atoms with Crippen LogP contribution in [-0.4, -0.2) is 33.5 Å². The lowest BCUT2D eigenvalue weighted by molar-refractivity contribution is -0.118. The van der Waals surface area contributed by atoms with Crippen molar-refractivity contribution in [3.63, 3.8) is 0 Å². The van der Waals surface area contributed by atoms with Gasteiger partial charge in [0.25, 0.3) is 0 Å². The highest BCUT2D eigenvalue weighted by atomic mass is 32.2. The van der Waals surface area contributed by atoms with Crippen LogP contribution in [0.1, 0.15) is 24.8 Å². The Hall–Kier alpha value is -2.38. The lowest BCUT2D eigenvalue weighted by Gasteiger charge is -2.29. The highest BCUT2D eigenvalue weighted by molar-refractivity contribution is 7.89. The minimum Gasteiger partial charge on any atom is -0.490 e. The number of rotatable bonds is 6. The van der Waals surface area contributed by atoms with E-state index >= 15 is 0 Å². The smallest absolute Gasteiger partial charge is 0.240 e. The molecule has 7 heteroatoms. The normalized spacial score (nSPS) is 16.5. The molecule has 0 aromatic heterocycles. The van der Waals surface area contributed by atoms with Crippen LogP contribution >= 0.6 is 0 Å². The number of amides is 1. The van der Waals surface area contributed by atoms with Crippen LogP contribution < -0.4 is 14.4 Å². The van der Waals surface area contributed by atoms with Crippen LogP contribution in [0.5, 0.6) is 5.75 Å². The van der Waals surface area contributed by atoms with E-state index in [1.54, 1.807) is 29.2 Å². The van der Waals surface area contributed by atoms with Gasteiger partial charge in [0.2, 0.25) is 15.9 Å². The fourth-order valence-corrected chi connectivity index (χ4v) is 4.44. The highest BCUT2D eigenvalue weighted by Gasteiger charge is 2.28. The first-order valence-electron chi connectivity index (χ1n) is 9.16. The minimum atomic E-state index is -3.43. The third-order valence-corrected chi connectivity index (χ3v) is 6.33. The minimum absolute atomic E-state index is 0.0397. The molecule has 0 radical (unpaired) electrons. The monoisotopic (exact) mass is 386 g/mol. The van der Waals surface area contributed by atoms with E-state index in [1.807, 2.05) is 24.3 Å². The van der Waals surface area contributed by atoms with Gasteiger partial charge in [-0.2, -0.15) is 0 Å². The number of ether oxygens (including phenoxy) is 1.